The molecule has 36 heavy (non-hydrogen) atoms. The summed E-state index contributed by atoms with van der Waals surface area (Å²) in [5.41, 5.74) is -0.698. The summed E-state index contributed by atoms with van der Waals surface area (Å²) >= 11 is 0. The van der Waals surface area contributed by atoms with Gasteiger partial charge in [-0.2, -0.15) is 23.4 Å². The highest BCUT2D eigenvalue weighted by Crippen LogP contribution is 2.56. The maximum absolute atomic E-state index is 13.0. The van der Waals surface area contributed by atoms with Crippen LogP contribution in [0.3, 0.4) is 0 Å². The van der Waals surface area contributed by atoms with Crippen LogP contribution in [-0.4, -0.2) is 71.7 Å². The number of carbonyl (C=O) groups is 1. The number of alkyl halides is 3. The Hall–Kier alpha value is -2.63. The highest BCUT2D eigenvalue weighted by molar-refractivity contribution is 5.77. The molecule has 2 aromatic heterocycles. The second kappa shape index (κ2) is 7.02. The van der Waals surface area contributed by atoms with E-state index in [0.29, 0.717) is 23.9 Å². The Morgan fingerprint density at radius 2 is 1.67 bits per heavy atom. The molecule has 2 amide bonds. The molecule has 0 atom stereocenters. The zero-order valence-corrected chi connectivity index (χ0v) is 20.2. The van der Waals surface area contributed by atoms with Crippen LogP contribution in [0.5, 0.6) is 0 Å². The van der Waals surface area contributed by atoms with Gasteiger partial charge in [-0.15, -0.1) is 0 Å². The van der Waals surface area contributed by atoms with Crippen molar-refractivity contribution in [2.75, 3.05) is 26.2 Å². The fraction of sp³-hybridized carbons (Fsp3) is 0.750. The van der Waals surface area contributed by atoms with Crippen molar-refractivity contribution in [3.63, 3.8) is 0 Å². The number of aromatic nitrogens is 5. The molecule has 1 N–H and O–H groups in total. The van der Waals surface area contributed by atoms with E-state index in [1.54, 1.807) is 6.33 Å². The molecule has 2 aromatic rings. The van der Waals surface area contributed by atoms with E-state index in [1.807, 2.05) is 14.5 Å². The molecule has 0 unspecified atom stereocenters. The molecule has 3 aliphatic carbocycles. The van der Waals surface area contributed by atoms with Gasteiger partial charge in [-0.3, -0.25) is 4.68 Å². The second-order valence-corrected chi connectivity index (χ2v) is 12.3. The fourth-order valence-corrected chi connectivity index (χ4v) is 7.14. The van der Waals surface area contributed by atoms with E-state index in [1.165, 1.54) is 7.05 Å². The lowest BCUT2D eigenvalue weighted by Crippen LogP contribution is -2.71. The molecule has 3 saturated carbocycles. The standard InChI is InChI=1S/C24H30F3N7O2/c1-31-18(24(25,26)27)5-16(29-31)4-15-6-21(7-15)10-32(11-21)20(35)33-12-22(13-33)8-17(9-22)34-14-28-19(30-34)23(36)2-3-23/h5,14-15,17,36H,2-4,6-13H2,1H3. The zero-order chi connectivity index (χ0) is 25.1. The quantitative estimate of drug-likeness (QED) is 0.690. The van der Waals surface area contributed by atoms with Gasteiger partial charge in [0.1, 0.15) is 17.6 Å². The number of amides is 2. The number of aliphatic hydroxyl groups is 1. The molecule has 0 radical (unpaired) electrons. The number of rotatable bonds is 4. The molecule has 0 aromatic carbocycles. The molecule has 2 spiro atoms. The molecule has 12 heteroatoms. The Morgan fingerprint density at radius 1 is 1.06 bits per heavy atom. The lowest BCUT2D eigenvalue weighted by Gasteiger charge is -2.63. The Labute approximate surface area is 206 Å². The first-order chi connectivity index (χ1) is 16.9. The minimum absolute atomic E-state index is 0.108. The van der Waals surface area contributed by atoms with Crippen molar-refractivity contribution in [1.82, 2.24) is 34.3 Å². The van der Waals surface area contributed by atoms with Gasteiger partial charge >= 0.3 is 12.2 Å². The third kappa shape index (κ3) is 3.47. The molecule has 194 valence electrons. The number of aryl methyl sites for hydroxylation is 1. The van der Waals surface area contributed by atoms with E-state index in [-0.39, 0.29) is 22.9 Å². The van der Waals surface area contributed by atoms with E-state index in [0.717, 1.165) is 75.5 Å². The van der Waals surface area contributed by atoms with Gasteiger partial charge in [0.2, 0.25) is 0 Å². The number of nitrogens with zero attached hydrogens (tertiary/aromatic N) is 7. The lowest BCUT2D eigenvalue weighted by atomic mass is 9.56. The highest BCUT2D eigenvalue weighted by atomic mass is 19.4. The minimum Gasteiger partial charge on any atom is -0.382 e. The number of hydrogen-bond donors (Lipinski definition) is 1. The van der Waals surface area contributed by atoms with Gasteiger partial charge < -0.3 is 14.9 Å². The van der Waals surface area contributed by atoms with Gasteiger partial charge in [-0.05, 0) is 56.9 Å². The van der Waals surface area contributed by atoms with Gasteiger partial charge in [0.15, 0.2) is 5.82 Å². The van der Waals surface area contributed by atoms with Gasteiger partial charge in [0, 0.05) is 44.1 Å². The van der Waals surface area contributed by atoms with Crippen molar-refractivity contribution in [2.24, 2.45) is 23.8 Å². The van der Waals surface area contributed by atoms with Gasteiger partial charge in [-0.1, -0.05) is 0 Å². The van der Waals surface area contributed by atoms with E-state index in [9.17, 15) is 23.1 Å². The fourth-order valence-electron chi connectivity index (χ4n) is 7.14. The maximum atomic E-state index is 13.0. The first kappa shape index (κ1) is 22.6. The number of halogens is 3. The van der Waals surface area contributed by atoms with Crippen LogP contribution in [0, 0.1) is 16.7 Å². The van der Waals surface area contributed by atoms with E-state index in [2.05, 4.69) is 15.2 Å². The summed E-state index contributed by atoms with van der Waals surface area (Å²) in [5, 5.41) is 18.7. The van der Waals surface area contributed by atoms with Crippen LogP contribution in [0.25, 0.3) is 0 Å². The number of likely N-dealkylation sites (tertiary alicyclic amines) is 2. The van der Waals surface area contributed by atoms with E-state index < -0.39 is 17.5 Å². The molecular formula is C24H30F3N7O2. The summed E-state index contributed by atoms with van der Waals surface area (Å²) in [6.07, 6.45) is 3.19. The molecule has 7 rings (SSSR count). The average molecular weight is 506 g/mol. The normalized spacial score (nSPS) is 25.9. The van der Waals surface area contributed by atoms with Crippen molar-refractivity contribution in [3.8, 4) is 0 Å². The minimum atomic E-state index is -4.38. The molecule has 2 aliphatic heterocycles. The van der Waals surface area contributed by atoms with Crippen LogP contribution in [0.4, 0.5) is 18.0 Å². The van der Waals surface area contributed by atoms with Crippen LogP contribution in [-0.2, 0) is 25.2 Å². The van der Waals surface area contributed by atoms with E-state index >= 15 is 0 Å². The van der Waals surface area contributed by atoms with E-state index in [4.69, 9.17) is 0 Å². The van der Waals surface area contributed by atoms with Gasteiger partial charge in [0.25, 0.3) is 0 Å². The largest absolute Gasteiger partial charge is 0.433 e. The summed E-state index contributed by atoms with van der Waals surface area (Å²) in [6, 6.07) is 1.55. The number of hydrogen-bond acceptors (Lipinski definition) is 5. The second-order valence-electron chi connectivity index (χ2n) is 12.3. The Bertz CT molecular complexity index is 1200. The van der Waals surface area contributed by atoms with Crippen LogP contribution < -0.4 is 0 Å². The molecule has 5 aliphatic rings. The first-order valence-corrected chi connectivity index (χ1v) is 12.7. The molecule has 9 nitrogen and oxygen atoms in total. The molecule has 0 bridgehead atoms. The molecule has 2 saturated heterocycles. The third-order valence-corrected chi connectivity index (χ3v) is 9.17. The SMILES string of the molecule is Cn1nc(CC2CC3(C2)CN(C(=O)N2CC4(CC(n5cnc(C6(O)CC6)n5)C4)C2)C3)cc1C(F)(F)F. The van der Waals surface area contributed by atoms with Crippen molar-refractivity contribution < 1.29 is 23.1 Å². The van der Waals surface area contributed by atoms with Crippen molar-refractivity contribution >= 4 is 6.03 Å². The average Bonchev–Trinajstić information content (AvgIpc) is 3.09. The summed E-state index contributed by atoms with van der Waals surface area (Å²) in [7, 11) is 1.33. The summed E-state index contributed by atoms with van der Waals surface area (Å²) < 4.78 is 41.8. The van der Waals surface area contributed by atoms with Crippen LogP contribution in [0.1, 0.15) is 61.8 Å². The maximum Gasteiger partial charge on any atom is 0.433 e. The topological polar surface area (TPSA) is 92.3 Å². The summed E-state index contributed by atoms with van der Waals surface area (Å²) in [6.45, 7) is 3.05. The zero-order valence-electron chi connectivity index (χ0n) is 20.2. The monoisotopic (exact) mass is 505 g/mol. The van der Waals surface area contributed by atoms with Crippen LogP contribution >= 0.6 is 0 Å². The molecule has 5 fully saturated rings. The summed E-state index contributed by atoms with van der Waals surface area (Å²) in [5.74, 6) is 0.861. The number of urea groups is 1. The molecular weight excluding hydrogens is 475 g/mol. The summed E-state index contributed by atoms with van der Waals surface area (Å²) in [4.78, 5) is 21.1. The number of carbonyl (C=O) groups excluding carboxylic acids is 1. The Balaban J connectivity index is 0.851. The Kier molecular flexibility index (Phi) is 4.40. The van der Waals surface area contributed by atoms with Crippen molar-refractivity contribution in [3.05, 3.63) is 29.6 Å². The predicted octanol–water partition coefficient (Wildman–Crippen LogP) is 2.72. The third-order valence-electron chi connectivity index (χ3n) is 9.17. The lowest BCUT2D eigenvalue weighted by molar-refractivity contribution is -0.143. The van der Waals surface area contributed by atoms with Crippen LogP contribution in [0.2, 0.25) is 0 Å². The van der Waals surface area contributed by atoms with Gasteiger partial charge in [0.05, 0.1) is 11.7 Å². The van der Waals surface area contributed by atoms with Crippen LogP contribution in [0.15, 0.2) is 12.4 Å². The molecule has 4 heterocycles. The van der Waals surface area contributed by atoms with Crippen molar-refractivity contribution in [2.45, 2.75) is 62.8 Å². The highest BCUT2D eigenvalue weighted by Gasteiger charge is 2.59. The Morgan fingerprint density at radius 3 is 2.22 bits per heavy atom. The van der Waals surface area contributed by atoms with Gasteiger partial charge in [-0.25, -0.2) is 14.5 Å². The first-order valence-electron chi connectivity index (χ1n) is 12.7. The predicted molar refractivity (Wildman–Crippen MR) is 119 cm³/mol. The smallest absolute Gasteiger partial charge is 0.382 e. The van der Waals surface area contributed by atoms with Crippen molar-refractivity contribution in [1.29, 1.82) is 0 Å².